The number of benzene rings is 2. The van der Waals surface area contributed by atoms with Gasteiger partial charge in [0.15, 0.2) is 22.3 Å². The Morgan fingerprint density at radius 3 is 2.63 bits per heavy atom. The van der Waals surface area contributed by atoms with Crippen LogP contribution in [0.4, 0.5) is 23.1 Å². The minimum atomic E-state index is -3.53. The summed E-state index contributed by atoms with van der Waals surface area (Å²) in [5.41, 5.74) is 2.25. The Morgan fingerprint density at radius 1 is 1.04 bits per heavy atom. The first-order valence-electron chi connectivity index (χ1n) is 18.2. The lowest BCUT2D eigenvalue weighted by atomic mass is 10.0. The third-order valence-corrected chi connectivity index (χ3v) is 11.8. The molecule has 0 aliphatic carbocycles. The van der Waals surface area contributed by atoms with Crippen LogP contribution in [-0.4, -0.2) is 118 Å². The maximum absolute atomic E-state index is 12.9. The van der Waals surface area contributed by atoms with Gasteiger partial charge in [-0.25, -0.2) is 13.4 Å². The summed E-state index contributed by atoms with van der Waals surface area (Å²) in [5.74, 6) is 0.863. The molecule has 2 aromatic carbocycles. The maximum atomic E-state index is 12.9. The highest BCUT2D eigenvalue weighted by atomic mass is 35.5. The number of aromatic nitrogens is 2. The van der Waals surface area contributed by atoms with Crippen molar-refractivity contribution in [2.45, 2.75) is 55.7 Å². The smallest absolute Gasteiger partial charge is 0.258 e. The summed E-state index contributed by atoms with van der Waals surface area (Å²) in [6.45, 7) is 8.43. The van der Waals surface area contributed by atoms with Crippen LogP contribution in [0.2, 0.25) is 5.02 Å². The van der Waals surface area contributed by atoms with Gasteiger partial charge in [0.2, 0.25) is 11.9 Å². The van der Waals surface area contributed by atoms with E-state index < -0.39 is 15.1 Å². The van der Waals surface area contributed by atoms with Gasteiger partial charge in [-0.15, -0.1) is 11.6 Å². The first-order valence-corrected chi connectivity index (χ1v) is 20.7. The summed E-state index contributed by atoms with van der Waals surface area (Å²) in [5, 5.41) is 8.99. The normalized spacial score (nSPS) is 16.2. The predicted molar refractivity (Wildman–Crippen MR) is 210 cm³/mol. The van der Waals surface area contributed by atoms with Crippen LogP contribution in [0, 0.1) is 0 Å². The molecule has 294 valence electrons. The average molecular weight is 807 g/mol. The fourth-order valence-corrected chi connectivity index (χ4v) is 7.74. The molecule has 5 rings (SSSR count). The molecule has 1 aromatic heterocycles. The molecule has 3 N–H and O–H groups in total. The Hall–Kier alpha value is -3.73. The molecule has 14 nitrogen and oxygen atoms in total. The number of piperidine rings is 1. The van der Waals surface area contributed by atoms with E-state index in [9.17, 15) is 18.0 Å². The van der Waals surface area contributed by atoms with E-state index in [2.05, 4.69) is 30.8 Å². The molecule has 2 amide bonds. The van der Waals surface area contributed by atoms with Crippen LogP contribution in [-0.2, 0) is 35.3 Å². The number of alkyl halides is 1. The van der Waals surface area contributed by atoms with Crippen LogP contribution in [0.3, 0.4) is 0 Å². The van der Waals surface area contributed by atoms with Crippen molar-refractivity contribution in [3.63, 3.8) is 0 Å². The fraction of sp³-hybridized carbons (Fsp3) is 0.514. The number of ether oxygens (including phenoxy) is 3. The van der Waals surface area contributed by atoms with Crippen molar-refractivity contribution in [3.05, 3.63) is 59.2 Å². The molecule has 0 radical (unpaired) electrons. The number of nitrogens with zero attached hydrogens (tertiary/aromatic N) is 4. The van der Waals surface area contributed by atoms with Gasteiger partial charge >= 0.3 is 0 Å². The third kappa shape index (κ3) is 11.6. The van der Waals surface area contributed by atoms with Crippen molar-refractivity contribution in [2.24, 2.45) is 0 Å². The van der Waals surface area contributed by atoms with E-state index in [0.717, 1.165) is 56.6 Å². The topological polar surface area (TPSA) is 164 Å². The lowest BCUT2D eigenvalue weighted by molar-refractivity contribution is -0.123. The van der Waals surface area contributed by atoms with Crippen molar-refractivity contribution < 1.29 is 32.2 Å². The van der Waals surface area contributed by atoms with E-state index in [1.54, 1.807) is 49.1 Å². The molecule has 1 fully saturated rings. The third-order valence-electron chi connectivity index (χ3n) is 9.10. The highest BCUT2D eigenvalue weighted by Crippen LogP contribution is 2.32. The SMILES string of the molecule is CC(C)S(=O)(=O)c1ccccc1Nc1nc(N[C@@H]2CCCN(CCOCCOCCNC(=O)COc3ccc4c(c3)CCCN4C(=O)CCl)C2)ncc1Cl. The zero-order chi connectivity index (χ0) is 38.5. The second kappa shape index (κ2) is 20.3. The van der Waals surface area contributed by atoms with Gasteiger partial charge in [0.05, 0.1) is 48.5 Å². The number of hydrogen-bond donors (Lipinski definition) is 3. The van der Waals surface area contributed by atoms with Crippen molar-refractivity contribution >= 4 is 68.0 Å². The molecule has 0 saturated carbocycles. The molecule has 0 spiro atoms. The molecule has 0 unspecified atom stereocenters. The van der Waals surface area contributed by atoms with Crippen molar-refractivity contribution in [2.75, 3.05) is 87.2 Å². The molecule has 3 heterocycles. The molecule has 0 bridgehead atoms. The summed E-state index contributed by atoms with van der Waals surface area (Å²) in [4.78, 5) is 37.5. The number of para-hydroxylation sites is 1. The Labute approximate surface area is 327 Å². The molecule has 2 aliphatic rings. The number of sulfone groups is 1. The van der Waals surface area contributed by atoms with Crippen molar-refractivity contribution in [3.8, 4) is 5.75 Å². The number of halogens is 2. The summed E-state index contributed by atoms with van der Waals surface area (Å²) < 4.78 is 42.9. The minimum absolute atomic E-state index is 0.0612. The molecular formula is C37H49Cl2N7O7S. The summed E-state index contributed by atoms with van der Waals surface area (Å²) >= 11 is 12.2. The first kappa shape index (κ1) is 41.4. The number of aryl methyl sites for hydroxylation is 1. The number of fused-ring (bicyclic) bond motifs is 1. The number of nitrogens with one attached hydrogen (secondary N) is 3. The van der Waals surface area contributed by atoms with Crippen molar-refractivity contribution in [1.82, 2.24) is 20.2 Å². The number of carbonyl (C=O) groups excluding carboxylic acids is 2. The van der Waals surface area contributed by atoms with Crippen LogP contribution in [0.5, 0.6) is 5.75 Å². The largest absolute Gasteiger partial charge is 0.484 e. The van der Waals surface area contributed by atoms with E-state index in [0.29, 0.717) is 62.7 Å². The highest BCUT2D eigenvalue weighted by Gasteiger charge is 2.25. The Bertz CT molecular complexity index is 1840. The lowest BCUT2D eigenvalue weighted by Crippen LogP contribution is -2.43. The monoisotopic (exact) mass is 805 g/mol. The van der Waals surface area contributed by atoms with E-state index in [4.69, 9.17) is 37.4 Å². The van der Waals surface area contributed by atoms with Gasteiger partial charge in [-0.1, -0.05) is 23.7 Å². The van der Waals surface area contributed by atoms with E-state index in [1.165, 1.54) is 6.20 Å². The summed E-state index contributed by atoms with van der Waals surface area (Å²) in [6, 6.07) is 12.3. The zero-order valence-electron chi connectivity index (χ0n) is 30.7. The van der Waals surface area contributed by atoms with Gasteiger partial charge in [-0.3, -0.25) is 14.5 Å². The standard InChI is InChI=1S/C37H49Cl2N7O7S/c1-26(2)54(49,50)33-10-4-3-9-31(33)43-36-30(39)23-41-37(44-36)42-28-8-6-14-45(24-28)16-18-52-20-19-51-17-13-40-34(47)25-53-29-11-12-32-27(21-29)7-5-15-46(32)35(48)22-38/h3-4,9-12,21,23,26,28H,5-8,13-20,22,24-25H2,1-2H3,(H,40,47)(H2,41,42,43,44)/t28-/m1/s1. The number of anilines is 4. The van der Waals surface area contributed by atoms with Crippen LogP contribution in [0.1, 0.15) is 38.7 Å². The van der Waals surface area contributed by atoms with Gasteiger partial charge in [-0.2, -0.15) is 4.98 Å². The second-order valence-electron chi connectivity index (χ2n) is 13.3. The molecule has 17 heteroatoms. The van der Waals surface area contributed by atoms with Crippen LogP contribution < -0.4 is 25.6 Å². The van der Waals surface area contributed by atoms with Gasteiger partial charge in [0.1, 0.15) is 16.7 Å². The molecule has 3 aromatic rings. The second-order valence-corrected chi connectivity index (χ2v) is 16.5. The number of likely N-dealkylation sites (tertiary alicyclic amines) is 1. The highest BCUT2D eigenvalue weighted by molar-refractivity contribution is 7.92. The number of carbonyl (C=O) groups is 2. The molecule has 1 atom stereocenters. The summed E-state index contributed by atoms with van der Waals surface area (Å²) in [6.07, 6.45) is 5.13. The average Bonchev–Trinajstić information content (AvgIpc) is 3.17. The number of rotatable bonds is 19. The lowest BCUT2D eigenvalue weighted by Gasteiger charge is -2.33. The Morgan fingerprint density at radius 2 is 1.83 bits per heavy atom. The molecule has 2 aliphatic heterocycles. The Balaban J connectivity index is 0.944. The fourth-order valence-electron chi connectivity index (χ4n) is 6.26. The van der Waals surface area contributed by atoms with Gasteiger partial charge < -0.3 is 35.1 Å². The number of amides is 2. The van der Waals surface area contributed by atoms with Crippen LogP contribution in [0.25, 0.3) is 0 Å². The molecular weight excluding hydrogens is 757 g/mol. The number of hydrogen-bond acceptors (Lipinski definition) is 12. The quantitative estimate of drug-likeness (QED) is 0.113. The zero-order valence-corrected chi connectivity index (χ0v) is 33.0. The summed E-state index contributed by atoms with van der Waals surface area (Å²) in [7, 11) is -3.53. The van der Waals surface area contributed by atoms with Crippen molar-refractivity contribution in [1.29, 1.82) is 0 Å². The maximum Gasteiger partial charge on any atom is 0.258 e. The van der Waals surface area contributed by atoms with E-state index >= 15 is 0 Å². The first-order chi connectivity index (χ1) is 26.0. The van der Waals surface area contributed by atoms with Crippen LogP contribution >= 0.6 is 23.2 Å². The van der Waals surface area contributed by atoms with E-state index in [-0.39, 0.29) is 40.3 Å². The predicted octanol–water partition coefficient (Wildman–Crippen LogP) is 4.68. The van der Waals surface area contributed by atoms with E-state index in [1.807, 2.05) is 12.1 Å². The molecule has 1 saturated heterocycles. The van der Waals surface area contributed by atoms with Crippen LogP contribution in [0.15, 0.2) is 53.6 Å². The minimum Gasteiger partial charge on any atom is -0.484 e. The van der Waals surface area contributed by atoms with Gasteiger partial charge in [0, 0.05) is 37.9 Å². The van der Waals surface area contributed by atoms with Gasteiger partial charge in [0.25, 0.3) is 5.91 Å². The Kier molecular flexibility index (Phi) is 15.5. The van der Waals surface area contributed by atoms with Gasteiger partial charge in [-0.05, 0) is 82.0 Å². The molecule has 54 heavy (non-hydrogen) atoms.